The highest BCUT2D eigenvalue weighted by molar-refractivity contribution is 6.33. The molecule has 36 heavy (non-hydrogen) atoms. The van der Waals surface area contributed by atoms with E-state index in [0.29, 0.717) is 56.7 Å². The van der Waals surface area contributed by atoms with Gasteiger partial charge in [-0.25, -0.2) is 0 Å². The van der Waals surface area contributed by atoms with E-state index in [2.05, 4.69) is 0 Å². The zero-order chi connectivity index (χ0) is 24.3. The second kappa shape index (κ2) is 7.27. The van der Waals surface area contributed by atoms with Crippen LogP contribution in [0.25, 0.3) is 10.8 Å². The van der Waals surface area contributed by atoms with Crippen LogP contribution in [-0.4, -0.2) is 45.5 Å². The van der Waals surface area contributed by atoms with Gasteiger partial charge in [0.15, 0.2) is 0 Å². The van der Waals surface area contributed by atoms with Gasteiger partial charge in [-0.1, -0.05) is 25.7 Å². The molecule has 2 atom stereocenters. The molecule has 2 aromatic rings. The van der Waals surface area contributed by atoms with E-state index in [1.807, 2.05) is 0 Å². The molecule has 2 aromatic carbocycles. The van der Waals surface area contributed by atoms with Crippen molar-refractivity contribution in [3.8, 4) is 0 Å². The van der Waals surface area contributed by atoms with Crippen LogP contribution in [0.2, 0.25) is 0 Å². The highest BCUT2D eigenvalue weighted by Crippen LogP contribution is 2.48. The standard InChI is InChI=1S/C30H30N2O4/c33-27-19-9-11-21-26-22(30(36)32(29(21)35)24-14-16-3-7-18(24)8-4-16)12-10-20(25(19)26)28(34)31(27)23-13-15-1-5-17(23)6-2-15/h9-12,15-18,23-24H,1-8,13-14H2. The number of fused-ring (bicyclic) bond motifs is 6. The summed E-state index contributed by atoms with van der Waals surface area (Å²) in [4.78, 5) is 58.3. The second-order valence-corrected chi connectivity index (χ2v) is 12.2. The minimum atomic E-state index is -0.263. The van der Waals surface area contributed by atoms with Gasteiger partial charge in [-0.15, -0.1) is 0 Å². The predicted molar refractivity (Wildman–Crippen MR) is 133 cm³/mol. The largest absolute Gasteiger partial charge is 0.271 e. The van der Waals surface area contributed by atoms with Crippen LogP contribution in [0.15, 0.2) is 24.3 Å². The Balaban J connectivity index is 1.24. The van der Waals surface area contributed by atoms with Crippen LogP contribution in [-0.2, 0) is 0 Å². The van der Waals surface area contributed by atoms with Crippen LogP contribution in [0.1, 0.15) is 106 Å². The first-order valence-corrected chi connectivity index (χ1v) is 13.9. The van der Waals surface area contributed by atoms with E-state index in [0.717, 1.165) is 38.5 Å². The summed E-state index contributed by atoms with van der Waals surface area (Å²) in [6, 6.07) is 6.82. The average Bonchev–Trinajstić information content (AvgIpc) is 2.92. The Hall–Kier alpha value is -3.02. The average molecular weight is 483 g/mol. The fourth-order valence-electron chi connectivity index (χ4n) is 8.83. The van der Waals surface area contributed by atoms with E-state index >= 15 is 0 Å². The molecule has 6 aliphatic carbocycles. The van der Waals surface area contributed by atoms with E-state index < -0.39 is 0 Å². The lowest BCUT2D eigenvalue weighted by molar-refractivity contribution is 0.0221. The van der Waals surface area contributed by atoms with Gasteiger partial charge in [0, 0.05) is 45.1 Å². The molecule has 6 heteroatoms. The van der Waals surface area contributed by atoms with Crippen LogP contribution < -0.4 is 0 Å². The quantitative estimate of drug-likeness (QED) is 0.552. The van der Waals surface area contributed by atoms with Gasteiger partial charge in [-0.2, -0.15) is 0 Å². The highest BCUT2D eigenvalue weighted by Gasteiger charge is 2.49. The second-order valence-electron chi connectivity index (χ2n) is 12.2. The molecule has 2 heterocycles. The van der Waals surface area contributed by atoms with Gasteiger partial charge in [0.1, 0.15) is 0 Å². The van der Waals surface area contributed by atoms with Crippen molar-refractivity contribution in [1.82, 2.24) is 9.80 Å². The number of carbonyl (C=O) groups excluding carboxylic acids is 4. The smallest absolute Gasteiger partial charge is 0.261 e. The first kappa shape index (κ1) is 21.1. The molecule has 10 rings (SSSR count). The number of rotatable bonds is 2. The summed E-state index contributed by atoms with van der Waals surface area (Å²) in [5.74, 6) is 0.879. The fourth-order valence-corrected chi connectivity index (χ4v) is 8.83. The summed E-state index contributed by atoms with van der Waals surface area (Å²) in [6.45, 7) is 0. The first-order chi connectivity index (χ1) is 17.5. The monoisotopic (exact) mass is 482 g/mol. The lowest BCUT2D eigenvalue weighted by atomic mass is 9.66. The summed E-state index contributed by atoms with van der Waals surface area (Å²) in [5.41, 5.74) is 1.82. The van der Waals surface area contributed by atoms with Crippen molar-refractivity contribution >= 4 is 34.4 Å². The molecule has 6 saturated carbocycles. The summed E-state index contributed by atoms with van der Waals surface area (Å²) < 4.78 is 0. The van der Waals surface area contributed by atoms with Crippen molar-refractivity contribution in [2.75, 3.05) is 0 Å². The number of hydrogen-bond donors (Lipinski definition) is 0. The molecule has 6 fully saturated rings. The van der Waals surface area contributed by atoms with Crippen molar-refractivity contribution in [3.63, 3.8) is 0 Å². The van der Waals surface area contributed by atoms with Crippen molar-refractivity contribution < 1.29 is 19.2 Å². The summed E-state index contributed by atoms with van der Waals surface area (Å²) in [7, 11) is 0. The third kappa shape index (κ3) is 2.63. The SMILES string of the molecule is O=C1c2ccc3c4c(ccc(c24)C(=O)N1C1CC2CCC1CC2)C(=O)N(C1CC2CCC1CC2)C3=O. The van der Waals surface area contributed by atoms with Crippen molar-refractivity contribution in [2.24, 2.45) is 23.7 Å². The zero-order valence-electron chi connectivity index (χ0n) is 20.4. The zero-order valence-corrected chi connectivity index (χ0v) is 20.4. The van der Waals surface area contributed by atoms with Crippen LogP contribution in [0.4, 0.5) is 0 Å². The Morgan fingerprint density at radius 1 is 0.472 bits per heavy atom. The molecule has 6 nitrogen and oxygen atoms in total. The highest BCUT2D eigenvalue weighted by atomic mass is 16.2. The van der Waals surface area contributed by atoms with Crippen LogP contribution in [0, 0.1) is 23.7 Å². The lowest BCUT2D eigenvalue weighted by Gasteiger charge is -2.48. The molecule has 8 aliphatic rings. The minimum absolute atomic E-state index is 0.0477. The first-order valence-electron chi connectivity index (χ1n) is 13.9. The van der Waals surface area contributed by atoms with Crippen LogP contribution >= 0.6 is 0 Å². The third-order valence-electron chi connectivity index (χ3n) is 10.6. The molecule has 0 aromatic heterocycles. The van der Waals surface area contributed by atoms with E-state index in [9.17, 15) is 19.2 Å². The van der Waals surface area contributed by atoms with Gasteiger partial charge in [0.2, 0.25) is 0 Å². The van der Waals surface area contributed by atoms with Crippen molar-refractivity contribution in [1.29, 1.82) is 0 Å². The van der Waals surface area contributed by atoms with Crippen molar-refractivity contribution in [3.05, 3.63) is 46.5 Å². The Morgan fingerprint density at radius 2 is 0.778 bits per heavy atom. The summed E-state index contributed by atoms with van der Waals surface area (Å²) in [6.07, 6.45) is 10.9. The molecular formula is C30H30N2O4. The van der Waals surface area contributed by atoms with E-state index in [4.69, 9.17) is 0 Å². The Bertz CT molecular complexity index is 1200. The Kier molecular flexibility index (Phi) is 4.26. The number of amides is 4. The van der Waals surface area contributed by atoms with E-state index in [1.54, 1.807) is 24.3 Å². The van der Waals surface area contributed by atoms with Gasteiger partial charge < -0.3 is 0 Å². The molecule has 2 unspecified atom stereocenters. The Morgan fingerprint density at radius 3 is 1.03 bits per heavy atom. The fraction of sp³-hybridized carbons (Fsp3) is 0.533. The lowest BCUT2D eigenvalue weighted by Crippen LogP contribution is -2.55. The predicted octanol–water partition coefficient (Wildman–Crippen LogP) is 5.19. The molecule has 2 aliphatic heterocycles. The number of imide groups is 2. The number of nitrogens with zero attached hydrogens (tertiary/aromatic N) is 2. The van der Waals surface area contributed by atoms with Crippen LogP contribution in [0.5, 0.6) is 0 Å². The van der Waals surface area contributed by atoms with Gasteiger partial charge in [0.25, 0.3) is 23.6 Å². The topological polar surface area (TPSA) is 74.8 Å². The summed E-state index contributed by atoms with van der Waals surface area (Å²) in [5, 5.41) is 1.01. The third-order valence-corrected chi connectivity index (χ3v) is 10.6. The maximum absolute atomic E-state index is 13.8. The van der Waals surface area contributed by atoms with Gasteiger partial charge >= 0.3 is 0 Å². The molecule has 0 radical (unpaired) electrons. The Labute approximate surface area is 210 Å². The molecule has 0 spiro atoms. The molecular weight excluding hydrogens is 452 g/mol. The molecule has 4 amide bonds. The number of benzene rings is 2. The van der Waals surface area contributed by atoms with E-state index in [-0.39, 0.29) is 35.7 Å². The number of hydrogen-bond acceptors (Lipinski definition) is 4. The summed E-state index contributed by atoms with van der Waals surface area (Å²) >= 11 is 0. The van der Waals surface area contributed by atoms with Gasteiger partial charge in [-0.3, -0.25) is 29.0 Å². The normalized spacial score (nSPS) is 34.8. The van der Waals surface area contributed by atoms with Gasteiger partial charge in [0.05, 0.1) is 0 Å². The van der Waals surface area contributed by atoms with Crippen LogP contribution in [0.3, 0.4) is 0 Å². The maximum Gasteiger partial charge on any atom is 0.261 e. The van der Waals surface area contributed by atoms with E-state index in [1.165, 1.54) is 35.5 Å². The maximum atomic E-state index is 13.8. The molecule has 0 saturated heterocycles. The molecule has 4 bridgehead atoms. The minimum Gasteiger partial charge on any atom is -0.271 e. The molecule has 184 valence electrons. The molecule has 0 N–H and O–H groups in total. The van der Waals surface area contributed by atoms with Gasteiger partial charge in [-0.05, 0) is 86.5 Å². The number of carbonyl (C=O) groups is 4. The van der Waals surface area contributed by atoms with Crippen molar-refractivity contribution in [2.45, 2.75) is 76.3 Å².